The summed E-state index contributed by atoms with van der Waals surface area (Å²) in [6.07, 6.45) is 0. The van der Waals surface area contributed by atoms with Crippen molar-refractivity contribution in [3.8, 4) is 0 Å². The van der Waals surface area contributed by atoms with Gasteiger partial charge in [0, 0.05) is 12.0 Å². The van der Waals surface area contributed by atoms with Gasteiger partial charge in [0.1, 0.15) is 5.75 Å². The molecule has 5 nitrogen and oxygen atoms in total. The van der Waals surface area contributed by atoms with Gasteiger partial charge >= 0.3 is 0 Å². The van der Waals surface area contributed by atoms with Crippen molar-refractivity contribution in [2.75, 3.05) is 25.2 Å². The molecule has 0 bridgehead atoms. The van der Waals surface area contributed by atoms with Crippen molar-refractivity contribution in [2.45, 2.75) is 26.8 Å². The van der Waals surface area contributed by atoms with E-state index in [9.17, 15) is 13.2 Å². The van der Waals surface area contributed by atoms with Gasteiger partial charge in [-0.05, 0) is 16.9 Å². The van der Waals surface area contributed by atoms with Crippen molar-refractivity contribution < 1.29 is 17.9 Å². The molecule has 21 heavy (non-hydrogen) atoms. The van der Waals surface area contributed by atoms with E-state index >= 15 is 0 Å². The Hall–Kier alpha value is -0.920. The summed E-state index contributed by atoms with van der Waals surface area (Å²) in [5, 5.41) is 4.78. The number of nitrogens with one attached hydrogen (secondary N) is 1. The maximum atomic E-state index is 12.0. The van der Waals surface area contributed by atoms with E-state index in [0.29, 0.717) is 0 Å². The Morgan fingerprint density at radius 3 is 2.57 bits per heavy atom. The van der Waals surface area contributed by atoms with Crippen LogP contribution in [-0.4, -0.2) is 39.5 Å². The van der Waals surface area contributed by atoms with Gasteiger partial charge in [0.2, 0.25) is 5.91 Å². The minimum Gasteiger partial charge on any atom is -0.384 e. The van der Waals surface area contributed by atoms with Crippen molar-refractivity contribution in [2.24, 2.45) is 5.41 Å². The fourth-order valence-electron chi connectivity index (χ4n) is 1.85. The highest BCUT2D eigenvalue weighted by Gasteiger charge is 2.29. The van der Waals surface area contributed by atoms with Gasteiger partial charge in [0.15, 0.2) is 9.84 Å². The molecule has 0 unspecified atom stereocenters. The molecule has 0 fully saturated rings. The van der Waals surface area contributed by atoms with Crippen LogP contribution < -0.4 is 5.32 Å². The van der Waals surface area contributed by atoms with Crippen LogP contribution in [0.4, 0.5) is 0 Å². The molecule has 1 heterocycles. The predicted molar refractivity (Wildman–Crippen MR) is 85.2 cm³/mol. The largest absolute Gasteiger partial charge is 0.384 e. The van der Waals surface area contributed by atoms with Crippen molar-refractivity contribution >= 4 is 27.1 Å². The summed E-state index contributed by atoms with van der Waals surface area (Å²) in [6.45, 7) is 6.13. The molecule has 1 rings (SSSR count). The van der Waals surface area contributed by atoms with Gasteiger partial charge in [-0.1, -0.05) is 26.8 Å². The third-order valence-electron chi connectivity index (χ3n) is 2.95. The Morgan fingerprint density at radius 1 is 1.43 bits per heavy atom. The van der Waals surface area contributed by atoms with E-state index in [2.05, 4.69) is 5.32 Å². The number of hydrogen-bond acceptors (Lipinski definition) is 5. The molecular weight excluding hydrogens is 310 g/mol. The van der Waals surface area contributed by atoms with Gasteiger partial charge in [-0.2, -0.15) is 0 Å². The fourth-order valence-corrected chi connectivity index (χ4v) is 3.92. The second kappa shape index (κ2) is 7.38. The van der Waals surface area contributed by atoms with Crippen LogP contribution in [0.2, 0.25) is 0 Å². The van der Waals surface area contributed by atoms with E-state index in [-0.39, 0.29) is 23.8 Å². The van der Waals surface area contributed by atoms with Crippen LogP contribution >= 0.6 is 11.3 Å². The van der Waals surface area contributed by atoms with Crippen molar-refractivity contribution in [3.63, 3.8) is 0 Å². The number of sulfone groups is 1. The second-order valence-electron chi connectivity index (χ2n) is 5.97. The van der Waals surface area contributed by atoms with Crippen molar-refractivity contribution in [3.05, 3.63) is 22.4 Å². The molecule has 1 aromatic rings. The molecule has 0 aliphatic rings. The third kappa shape index (κ3) is 6.15. The maximum Gasteiger partial charge on any atom is 0.235 e. The predicted octanol–water partition coefficient (Wildman–Crippen LogP) is 2.01. The van der Waals surface area contributed by atoms with Crippen LogP contribution in [-0.2, 0) is 19.4 Å². The molecule has 0 radical (unpaired) electrons. The summed E-state index contributed by atoms with van der Waals surface area (Å²) in [6, 6.07) is 3.66. The van der Waals surface area contributed by atoms with Crippen LogP contribution in [0.5, 0.6) is 0 Å². The Labute approximate surface area is 130 Å². The highest BCUT2D eigenvalue weighted by atomic mass is 32.2. The topological polar surface area (TPSA) is 72.5 Å². The zero-order valence-corrected chi connectivity index (χ0v) is 14.5. The SMILES string of the molecule is COCCS(=O)(=O)CC(=O)N[C@H](c1cccs1)C(C)(C)C. The Kier molecular flexibility index (Phi) is 6.37. The first-order valence-corrected chi connectivity index (χ1v) is 9.38. The van der Waals surface area contributed by atoms with E-state index in [4.69, 9.17) is 4.74 Å². The lowest BCUT2D eigenvalue weighted by Crippen LogP contribution is -2.39. The maximum absolute atomic E-state index is 12.0. The average molecular weight is 333 g/mol. The lowest BCUT2D eigenvalue weighted by Gasteiger charge is -2.30. The molecule has 1 N–H and O–H groups in total. The van der Waals surface area contributed by atoms with Crippen LogP contribution in [0.15, 0.2) is 17.5 Å². The highest BCUT2D eigenvalue weighted by Crippen LogP contribution is 2.35. The first-order valence-electron chi connectivity index (χ1n) is 6.68. The van der Waals surface area contributed by atoms with E-state index in [1.807, 2.05) is 38.3 Å². The number of carbonyl (C=O) groups excluding carboxylic acids is 1. The number of carbonyl (C=O) groups is 1. The van der Waals surface area contributed by atoms with Crippen LogP contribution in [0.1, 0.15) is 31.7 Å². The van der Waals surface area contributed by atoms with Gasteiger partial charge in [0.25, 0.3) is 0 Å². The lowest BCUT2D eigenvalue weighted by molar-refractivity contribution is -0.120. The van der Waals surface area contributed by atoms with Crippen LogP contribution in [0.3, 0.4) is 0 Å². The van der Waals surface area contributed by atoms with Crippen molar-refractivity contribution in [1.29, 1.82) is 0 Å². The van der Waals surface area contributed by atoms with Crippen LogP contribution in [0.25, 0.3) is 0 Å². The first kappa shape index (κ1) is 18.1. The molecule has 0 saturated heterocycles. The number of methoxy groups -OCH3 is 1. The highest BCUT2D eigenvalue weighted by molar-refractivity contribution is 7.92. The number of thiophene rings is 1. The van der Waals surface area contributed by atoms with Gasteiger partial charge in [-0.25, -0.2) is 8.42 Å². The normalized spacial score (nSPS) is 13.9. The number of rotatable bonds is 7. The van der Waals surface area contributed by atoms with E-state index in [1.165, 1.54) is 7.11 Å². The molecule has 0 spiro atoms. The molecular formula is C14H23NO4S2. The van der Waals surface area contributed by atoms with Gasteiger partial charge in [-0.3, -0.25) is 4.79 Å². The van der Waals surface area contributed by atoms with E-state index < -0.39 is 21.5 Å². The molecule has 0 aliphatic heterocycles. The van der Waals surface area contributed by atoms with Crippen molar-refractivity contribution in [1.82, 2.24) is 5.32 Å². The lowest BCUT2D eigenvalue weighted by atomic mass is 9.86. The molecule has 1 amide bonds. The van der Waals surface area contributed by atoms with Gasteiger partial charge < -0.3 is 10.1 Å². The minimum absolute atomic E-state index is 0.100. The number of ether oxygens (including phenoxy) is 1. The zero-order chi connectivity index (χ0) is 16.1. The first-order chi connectivity index (χ1) is 9.65. The molecule has 1 aromatic heterocycles. The molecule has 0 saturated carbocycles. The zero-order valence-electron chi connectivity index (χ0n) is 12.9. The molecule has 7 heteroatoms. The Bertz CT molecular complexity index is 544. The summed E-state index contributed by atoms with van der Waals surface area (Å²) < 4.78 is 28.3. The summed E-state index contributed by atoms with van der Waals surface area (Å²) in [4.78, 5) is 13.1. The average Bonchev–Trinajstić information content (AvgIpc) is 2.85. The van der Waals surface area contributed by atoms with E-state index in [1.54, 1.807) is 11.3 Å². The minimum atomic E-state index is -3.44. The molecule has 120 valence electrons. The molecule has 0 aromatic carbocycles. The third-order valence-corrected chi connectivity index (χ3v) is 5.38. The summed E-state index contributed by atoms with van der Waals surface area (Å²) in [5.41, 5.74) is -0.198. The molecule has 0 aliphatic carbocycles. The standard InChI is InChI=1S/C14H23NO4S2/c1-14(2,3)13(11-6-5-8-20-11)15-12(16)10-21(17,18)9-7-19-4/h5-6,8,13H,7,9-10H2,1-4H3,(H,15,16)/t13-/m1/s1. The Morgan fingerprint density at radius 2 is 2.10 bits per heavy atom. The van der Waals surface area contributed by atoms with E-state index in [0.717, 1.165) is 4.88 Å². The number of hydrogen-bond donors (Lipinski definition) is 1. The monoisotopic (exact) mass is 333 g/mol. The van der Waals surface area contributed by atoms with Gasteiger partial charge in [-0.15, -0.1) is 11.3 Å². The van der Waals surface area contributed by atoms with Gasteiger partial charge in [0.05, 0.1) is 18.4 Å². The van der Waals surface area contributed by atoms with Crippen LogP contribution in [0, 0.1) is 5.41 Å². The smallest absolute Gasteiger partial charge is 0.235 e. The number of amides is 1. The summed E-state index contributed by atoms with van der Waals surface area (Å²) in [7, 11) is -2.00. The quantitative estimate of drug-likeness (QED) is 0.828. The summed E-state index contributed by atoms with van der Waals surface area (Å²) >= 11 is 1.55. The fraction of sp³-hybridized carbons (Fsp3) is 0.643. The Balaban J connectivity index is 2.75. The summed E-state index contributed by atoms with van der Waals surface area (Å²) in [5.74, 6) is -1.12. The second-order valence-corrected chi connectivity index (χ2v) is 9.13. The molecule has 1 atom stereocenters.